The number of carbonyl (C=O) groups excluding carboxylic acids is 1. The molecule has 3 rings (SSSR count). The number of halogens is 1. The molecule has 0 atom stereocenters. The summed E-state index contributed by atoms with van der Waals surface area (Å²) >= 11 is 7.80. The van der Waals surface area contributed by atoms with Crippen molar-refractivity contribution in [1.29, 1.82) is 0 Å². The maximum absolute atomic E-state index is 12.5. The first-order chi connectivity index (χ1) is 11.7. The van der Waals surface area contributed by atoms with E-state index in [1.807, 2.05) is 10.5 Å². The topological polar surface area (TPSA) is 23.6 Å². The van der Waals surface area contributed by atoms with E-state index in [-0.39, 0.29) is 0 Å². The van der Waals surface area contributed by atoms with Gasteiger partial charge in [-0.25, -0.2) is 8.72 Å². The summed E-state index contributed by atoms with van der Waals surface area (Å²) in [7, 11) is 0. The average Bonchev–Trinajstić information content (AvgIpc) is 2.62. The number of Topliss-reactive ketones (excluding diaryl/α,β-unsaturated/α-hetero) is 1. The summed E-state index contributed by atoms with van der Waals surface area (Å²) in [6.45, 7) is 4.03. The Morgan fingerprint density at radius 3 is 2.79 bits per heavy atom. The van der Waals surface area contributed by atoms with Crippen molar-refractivity contribution in [3.8, 4) is 0 Å². The highest BCUT2D eigenvalue weighted by molar-refractivity contribution is 7.96. The summed E-state index contributed by atoms with van der Waals surface area (Å²) in [4.78, 5) is 12.5. The van der Waals surface area contributed by atoms with Gasteiger partial charge in [0.05, 0.1) is 0 Å². The molecule has 0 aliphatic carbocycles. The Morgan fingerprint density at radius 1 is 1.25 bits per heavy atom. The van der Waals surface area contributed by atoms with Crippen LogP contribution in [0.15, 0.2) is 18.2 Å². The Morgan fingerprint density at radius 2 is 2.04 bits per heavy atom. The fraction of sp³-hybridized carbons (Fsp3) is 0.632. The Hall–Kier alpha value is -0.550. The zero-order valence-corrected chi connectivity index (χ0v) is 16.0. The molecule has 3 nitrogen and oxygen atoms in total. The smallest absolute Gasteiger partial charge is 0.162 e. The SMILES string of the molecule is CSN1CCc2cc(C(=O)CCCC3CCN(Cl)CC3)ccc2C1. The number of rotatable bonds is 6. The van der Waals surface area contributed by atoms with Crippen LogP contribution in [0.1, 0.15) is 53.6 Å². The van der Waals surface area contributed by atoms with Crippen LogP contribution in [0.3, 0.4) is 0 Å². The van der Waals surface area contributed by atoms with E-state index in [2.05, 4.69) is 22.7 Å². The lowest BCUT2D eigenvalue weighted by Gasteiger charge is -2.27. The van der Waals surface area contributed by atoms with E-state index in [9.17, 15) is 4.79 Å². The van der Waals surface area contributed by atoms with Crippen molar-refractivity contribution in [2.75, 3.05) is 25.9 Å². The molecule has 0 amide bonds. The van der Waals surface area contributed by atoms with Crippen LogP contribution in [-0.4, -0.2) is 40.4 Å². The highest BCUT2D eigenvalue weighted by Gasteiger charge is 2.19. The number of hydrogen-bond donors (Lipinski definition) is 0. The molecule has 0 radical (unpaired) electrons. The van der Waals surface area contributed by atoms with Crippen molar-refractivity contribution >= 4 is 29.5 Å². The minimum atomic E-state index is 0.305. The van der Waals surface area contributed by atoms with E-state index >= 15 is 0 Å². The van der Waals surface area contributed by atoms with Crippen LogP contribution in [0, 0.1) is 5.92 Å². The van der Waals surface area contributed by atoms with E-state index in [0.717, 1.165) is 56.9 Å². The zero-order chi connectivity index (χ0) is 16.9. The second kappa shape index (κ2) is 8.70. The van der Waals surface area contributed by atoms with Gasteiger partial charge in [-0.3, -0.25) is 4.79 Å². The third-order valence-electron chi connectivity index (χ3n) is 5.34. The second-order valence-corrected chi connectivity index (χ2v) is 8.31. The first-order valence-electron chi connectivity index (χ1n) is 9.00. The van der Waals surface area contributed by atoms with Crippen molar-refractivity contribution in [3.63, 3.8) is 0 Å². The van der Waals surface area contributed by atoms with Crippen LogP contribution in [0.4, 0.5) is 0 Å². The second-order valence-electron chi connectivity index (χ2n) is 6.95. The molecular weight excluding hydrogens is 340 g/mol. The molecule has 2 aliphatic rings. The number of piperidine rings is 1. The van der Waals surface area contributed by atoms with Crippen LogP contribution in [-0.2, 0) is 13.0 Å². The lowest BCUT2D eigenvalue weighted by atomic mass is 9.91. The molecule has 1 fully saturated rings. The normalized spacial score (nSPS) is 20.1. The van der Waals surface area contributed by atoms with E-state index in [1.165, 1.54) is 24.0 Å². The number of benzene rings is 1. The van der Waals surface area contributed by atoms with Crippen LogP contribution >= 0.6 is 23.7 Å². The molecule has 2 heterocycles. The number of ketones is 1. The fourth-order valence-electron chi connectivity index (χ4n) is 3.74. The predicted molar refractivity (Wildman–Crippen MR) is 102 cm³/mol. The summed E-state index contributed by atoms with van der Waals surface area (Å²) in [6.07, 6.45) is 8.35. The van der Waals surface area contributed by atoms with Gasteiger partial charge < -0.3 is 0 Å². The molecular formula is C19H27ClN2OS. The van der Waals surface area contributed by atoms with Gasteiger partial charge >= 0.3 is 0 Å². The van der Waals surface area contributed by atoms with Crippen LogP contribution in [0.25, 0.3) is 0 Å². The monoisotopic (exact) mass is 366 g/mol. The largest absolute Gasteiger partial charge is 0.294 e. The quantitative estimate of drug-likeness (QED) is 0.419. The molecule has 132 valence electrons. The van der Waals surface area contributed by atoms with Crippen molar-refractivity contribution in [2.24, 2.45) is 5.92 Å². The van der Waals surface area contributed by atoms with Crippen molar-refractivity contribution < 1.29 is 4.79 Å². The molecule has 1 aromatic carbocycles. The summed E-state index contributed by atoms with van der Waals surface area (Å²) in [5.74, 6) is 1.05. The summed E-state index contributed by atoms with van der Waals surface area (Å²) in [5, 5.41) is 0. The molecule has 0 saturated carbocycles. The van der Waals surface area contributed by atoms with Gasteiger partial charge in [0.25, 0.3) is 0 Å². The highest BCUT2D eigenvalue weighted by Crippen LogP contribution is 2.26. The maximum atomic E-state index is 12.5. The third kappa shape index (κ3) is 4.75. The van der Waals surface area contributed by atoms with E-state index < -0.39 is 0 Å². The molecule has 5 heteroatoms. The number of hydrogen-bond acceptors (Lipinski definition) is 4. The van der Waals surface area contributed by atoms with E-state index in [4.69, 9.17) is 11.8 Å². The Labute approximate surface area is 155 Å². The molecule has 1 saturated heterocycles. The van der Waals surface area contributed by atoms with Gasteiger partial charge in [-0.2, -0.15) is 0 Å². The molecule has 1 aromatic rings. The first-order valence-corrected chi connectivity index (χ1v) is 10.5. The summed E-state index contributed by atoms with van der Waals surface area (Å²) in [5.41, 5.74) is 3.64. The highest BCUT2D eigenvalue weighted by atomic mass is 35.5. The van der Waals surface area contributed by atoms with Gasteiger partial charge in [0, 0.05) is 38.2 Å². The molecule has 0 unspecified atom stereocenters. The molecule has 24 heavy (non-hydrogen) atoms. The minimum absolute atomic E-state index is 0.305. The van der Waals surface area contributed by atoms with Crippen LogP contribution in [0.2, 0.25) is 0 Å². The van der Waals surface area contributed by atoms with Crippen LogP contribution in [0.5, 0.6) is 0 Å². The third-order valence-corrected chi connectivity index (χ3v) is 6.51. The van der Waals surface area contributed by atoms with E-state index in [1.54, 1.807) is 11.9 Å². The van der Waals surface area contributed by atoms with Gasteiger partial charge in [0.1, 0.15) is 0 Å². The predicted octanol–water partition coefficient (Wildman–Crippen LogP) is 4.54. The molecule has 2 aliphatic heterocycles. The minimum Gasteiger partial charge on any atom is -0.294 e. The van der Waals surface area contributed by atoms with Crippen LogP contribution < -0.4 is 0 Å². The summed E-state index contributed by atoms with van der Waals surface area (Å²) < 4.78 is 4.25. The number of fused-ring (bicyclic) bond motifs is 1. The van der Waals surface area contributed by atoms with Crippen molar-refractivity contribution in [2.45, 2.75) is 45.1 Å². The molecule has 0 bridgehead atoms. The van der Waals surface area contributed by atoms with Gasteiger partial charge in [-0.05, 0) is 73.2 Å². The first kappa shape index (κ1) is 18.2. The number of nitrogens with zero attached hydrogens (tertiary/aromatic N) is 2. The van der Waals surface area contributed by atoms with Gasteiger partial charge in [-0.1, -0.05) is 24.1 Å². The lowest BCUT2D eigenvalue weighted by molar-refractivity contribution is 0.0976. The van der Waals surface area contributed by atoms with E-state index in [0.29, 0.717) is 12.2 Å². The van der Waals surface area contributed by atoms with Crippen molar-refractivity contribution in [3.05, 3.63) is 34.9 Å². The lowest BCUT2D eigenvalue weighted by Crippen LogP contribution is -2.26. The van der Waals surface area contributed by atoms with Gasteiger partial charge in [0.15, 0.2) is 5.78 Å². The van der Waals surface area contributed by atoms with Gasteiger partial charge in [-0.15, -0.1) is 0 Å². The molecule has 0 spiro atoms. The van der Waals surface area contributed by atoms with Gasteiger partial charge in [0.2, 0.25) is 0 Å². The molecule has 0 aromatic heterocycles. The van der Waals surface area contributed by atoms with Crippen molar-refractivity contribution in [1.82, 2.24) is 8.72 Å². The number of carbonyl (C=O) groups is 1. The molecule has 0 N–H and O–H groups in total. The fourth-order valence-corrected chi connectivity index (χ4v) is 4.48. The summed E-state index contributed by atoms with van der Waals surface area (Å²) in [6, 6.07) is 6.32. The zero-order valence-electron chi connectivity index (χ0n) is 14.5. The maximum Gasteiger partial charge on any atom is 0.162 e. The standard InChI is InChI=1S/C19H27ClN2OS/c1-24-22-12-9-16-13-17(5-6-18(16)14-22)19(23)4-2-3-15-7-10-21(20)11-8-15/h5-6,13,15H,2-4,7-12,14H2,1H3. The Kier molecular flexibility index (Phi) is 6.62. The Bertz CT molecular complexity index is 572. The average molecular weight is 367 g/mol. The Balaban J connectivity index is 1.49.